The van der Waals surface area contributed by atoms with Crippen LogP contribution >= 0.6 is 0 Å². The van der Waals surface area contributed by atoms with Crippen LogP contribution in [0.25, 0.3) is 0 Å². The van der Waals surface area contributed by atoms with Crippen LogP contribution in [-0.2, 0) is 4.79 Å². The first-order valence-corrected chi connectivity index (χ1v) is 5.42. The lowest BCUT2D eigenvalue weighted by Gasteiger charge is -2.13. The fourth-order valence-corrected chi connectivity index (χ4v) is 1.39. The Morgan fingerprint density at radius 2 is 2.00 bits per heavy atom. The number of phenolic OH excluding ortho intramolecular Hbond substituents is 1. The second-order valence-electron chi connectivity index (χ2n) is 3.65. The fraction of sp³-hybridized carbons (Fsp3) is 0.417. The molecule has 16 heavy (non-hydrogen) atoms. The first-order chi connectivity index (χ1) is 7.63. The lowest BCUT2D eigenvalue weighted by atomic mass is 10.1. The zero-order chi connectivity index (χ0) is 12.0. The molecule has 0 saturated carbocycles. The summed E-state index contributed by atoms with van der Waals surface area (Å²) in [4.78, 5) is 11.2. The highest BCUT2D eigenvalue weighted by Crippen LogP contribution is 2.15. The zero-order valence-electron chi connectivity index (χ0n) is 9.66. The van der Waals surface area contributed by atoms with Crippen molar-refractivity contribution < 1.29 is 9.90 Å². The second kappa shape index (κ2) is 6.12. The van der Waals surface area contributed by atoms with Gasteiger partial charge in [-0.15, -0.1) is 0 Å². The molecule has 0 fully saturated rings. The topological polar surface area (TPSA) is 61.4 Å². The maximum absolute atomic E-state index is 11.2. The third-order valence-electron chi connectivity index (χ3n) is 2.34. The van der Waals surface area contributed by atoms with Gasteiger partial charge in [-0.05, 0) is 31.5 Å². The second-order valence-corrected chi connectivity index (χ2v) is 3.65. The molecule has 1 amide bonds. The Bertz CT molecular complexity index is 335. The molecule has 1 unspecified atom stereocenters. The van der Waals surface area contributed by atoms with E-state index >= 15 is 0 Å². The van der Waals surface area contributed by atoms with Gasteiger partial charge in [0.2, 0.25) is 5.91 Å². The van der Waals surface area contributed by atoms with Crippen LogP contribution in [0.1, 0.15) is 25.5 Å². The van der Waals surface area contributed by atoms with Gasteiger partial charge in [0.1, 0.15) is 5.75 Å². The molecule has 1 aromatic carbocycles. The summed E-state index contributed by atoms with van der Waals surface area (Å²) < 4.78 is 0. The fourth-order valence-electron chi connectivity index (χ4n) is 1.39. The largest absolute Gasteiger partial charge is 0.508 e. The van der Waals surface area contributed by atoms with Crippen molar-refractivity contribution in [2.24, 2.45) is 0 Å². The van der Waals surface area contributed by atoms with E-state index in [1.807, 2.05) is 26.0 Å². The lowest BCUT2D eigenvalue weighted by molar-refractivity contribution is -0.120. The molecule has 0 aliphatic carbocycles. The van der Waals surface area contributed by atoms with Crippen molar-refractivity contribution in [3.63, 3.8) is 0 Å². The molecule has 0 aromatic heterocycles. The number of benzene rings is 1. The van der Waals surface area contributed by atoms with Crippen molar-refractivity contribution in [2.75, 3.05) is 13.1 Å². The Kier molecular flexibility index (Phi) is 4.79. The number of rotatable bonds is 5. The summed E-state index contributed by atoms with van der Waals surface area (Å²) >= 11 is 0. The van der Waals surface area contributed by atoms with Crippen LogP contribution in [0.15, 0.2) is 24.3 Å². The van der Waals surface area contributed by atoms with Crippen molar-refractivity contribution in [2.45, 2.75) is 19.9 Å². The SMILES string of the molecule is CCNC(=O)CNC(C)c1ccc(O)cc1. The van der Waals surface area contributed by atoms with Gasteiger partial charge in [-0.2, -0.15) is 0 Å². The number of carbonyl (C=O) groups excluding carboxylic acids is 1. The summed E-state index contributed by atoms with van der Waals surface area (Å²) in [6.07, 6.45) is 0. The molecule has 88 valence electrons. The molecule has 4 nitrogen and oxygen atoms in total. The highest BCUT2D eigenvalue weighted by molar-refractivity contribution is 5.77. The predicted octanol–water partition coefficient (Wildman–Crippen LogP) is 1.18. The number of phenols is 1. The number of nitrogens with one attached hydrogen (secondary N) is 2. The van der Waals surface area contributed by atoms with Gasteiger partial charge >= 0.3 is 0 Å². The third-order valence-corrected chi connectivity index (χ3v) is 2.34. The van der Waals surface area contributed by atoms with Gasteiger partial charge in [0.15, 0.2) is 0 Å². The summed E-state index contributed by atoms with van der Waals surface area (Å²) in [6.45, 7) is 4.82. The van der Waals surface area contributed by atoms with Gasteiger partial charge in [0.05, 0.1) is 6.54 Å². The first kappa shape index (κ1) is 12.5. The summed E-state index contributed by atoms with van der Waals surface area (Å²) in [6, 6.07) is 7.04. The van der Waals surface area contributed by atoms with Crippen LogP contribution in [-0.4, -0.2) is 24.1 Å². The van der Waals surface area contributed by atoms with E-state index in [1.165, 1.54) is 0 Å². The van der Waals surface area contributed by atoms with Crippen molar-refractivity contribution >= 4 is 5.91 Å². The number of likely N-dealkylation sites (N-methyl/N-ethyl adjacent to an activating group) is 1. The predicted molar refractivity (Wildman–Crippen MR) is 63.2 cm³/mol. The van der Waals surface area contributed by atoms with Crippen LogP contribution in [0.4, 0.5) is 0 Å². The monoisotopic (exact) mass is 222 g/mol. The standard InChI is InChI=1S/C12H18N2O2/c1-3-13-12(16)8-14-9(2)10-4-6-11(15)7-5-10/h4-7,9,14-15H,3,8H2,1-2H3,(H,13,16). The number of hydrogen-bond acceptors (Lipinski definition) is 3. The minimum Gasteiger partial charge on any atom is -0.508 e. The Balaban J connectivity index is 2.43. The molecule has 0 saturated heterocycles. The molecule has 0 spiro atoms. The first-order valence-electron chi connectivity index (χ1n) is 5.42. The minimum atomic E-state index is -0.00636. The quantitative estimate of drug-likeness (QED) is 0.701. The highest BCUT2D eigenvalue weighted by atomic mass is 16.3. The molecule has 0 heterocycles. The smallest absolute Gasteiger partial charge is 0.233 e. The van der Waals surface area contributed by atoms with E-state index in [0.717, 1.165) is 5.56 Å². The molecule has 3 N–H and O–H groups in total. The van der Waals surface area contributed by atoms with E-state index in [0.29, 0.717) is 13.1 Å². The zero-order valence-corrected chi connectivity index (χ0v) is 9.66. The molecule has 1 rings (SSSR count). The van der Waals surface area contributed by atoms with Gasteiger partial charge in [-0.3, -0.25) is 4.79 Å². The summed E-state index contributed by atoms with van der Waals surface area (Å²) in [5.74, 6) is 0.243. The van der Waals surface area contributed by atoms with Gasteiger partial charge in [-0.25, -0.2) is 0 Å². The summed E-state index contributed by atoms with van der Waals surface area (Å²) in [7, 11) is 0. The molecule has 1 aromatic rings. The van der Waals surface area contributed by atoms with E-state index < -0.39 is 0 Å². The Hall–Kier alpha value is -1.55. The maximum atomic E-state index is 11.2. The van der Waals surface area contributed by atoms with Crippen LogP contribution in [0.2, 0.25) is 0 Å². The number of amides is 1. The molecule has 4 heteroatoms. The number of hydrogen-bond donors (Lipinski definition) is 3. The van der Waals surface area contributed by atoms with Crippen molar-refractivity contribution in [3.05, 3.63) is 29.8 Å². The highest BCUT2D eigenvalue weighted by Gasteiger charge is 2.06. The summed E-state index contributed by atoms with van der Waals surface area (Å²) in [5, 5.41) is 15.0. The van der Waals surface area contributed by atoms with Gasteiger partial charge in [0.25, 0.3) is 0 Å². The van der Waals surface area contributed by atoms with Crippen LogP contribution in [0.3, 0.4) is 0 Å². The van der Waals surface area contributed by atoms with Gasteiger partial charge in [0, 0.05) is 12.6 Å². The Labute approximate surface area is 95.7 Å². The van der Waals surface area contributed by atoms with Crippen LogP contribution in [0, 0.1) is 0 Å². The average Bonchev–Trinajstić information content (AvgIpc) is 2.27. The molecule has 0 radical (unpaired) electrons. The number of aromatic hydroxyl groups is 1. The molecule has 0 aliphatic rings. The third kappa shape index (κ3) is 3.90. The van der Waals surface area contributed by atoms with Gasteiger partial charge < -0.3 is 15.7 Å². The van der Waals surface area contributed by atoms with E-state index in [-0.39, 0.29) is 17.7 Å². The molecule has 0 aliphatic heterocycles. The van der Waals surface area contributed by atoms with E-state index in [9.17, 15) is 4.79 Å². The molecule has 1 atom stereocenters. The summed E-state index contributed by atoms with van der Waals surface area (Å²) in [5.41, 5.74) is 1.04. The number of carbonyl (C=O) groups is 1. The molecule has 0 bridgehead atoms. The molecular weight excluding hydrogens is 204 g/mol. The maximum Gasteiger partial charge on any atom is 0.233 e. The molecular formula is C12H18N2O2. The minimum absolute atomic E-state index is 0.00636. The van der Waals surface area contributed by atoms with Crippen molar-refractivity contribution in [3.8, 4) is 5.75 Å². The van der Waals surface area contributed by atoms with E-state index in [4.69, 9.17) is 5.11 Å². The van der Waals surface area contributed by atoms with Crippen LogP contribution in [0.5, 0.6) is 5.75 Å². The van der Waals surface area contributed by atoms with Crippen molar-refractivity contribution in [1.82, 2.24) is 10.6 Å². The normalized spacial score (nSPS) is 12.1. The van der Waals surface area contributed by atoms with E-state index in [2.05, 4.69) is 10.6 Å². The average molecular weight is 222 g/mol. The van der Waals surface area contributed by atoms with Crippen LogP contribution < -0.4 is 10.6 Å². The lowest BCUT2D eigenvalue weighted by Crippen LogP contribution is -2.34. The Morgan fingerprint density at radius 3 is 2.56 bits per heavy atom. The van der Waals surface area contributed by atoms with Crippen molar-refractivity contribution in [1.29, 1.82) is 0 Å². The van der Waals surface area contributed by atoms with E-state index in [1.54, 1.807) is 12.1 Å². The van der Waals surface area contributed by atoms with Gasteiger partial charge in [-0.1, -0.05) is 12.1 Å². The Morgan fingerprint density at radius 1 is 1.38 bits per heavy atom.